The second-order valence-electron chi connectivity index (χ2n) is 6.78. The Morgan fingerprint density at radius 3 is 2.82 bits per heavy atom. The third kappa shape index (κ3) is 8.25. The molecule has 0 heterocycles. The summed E-state index contributed by atoms with van der Waals surface area (Å²) >= 11 is 0. The number of nitrogens with zero attached hydrogens (tertiary/aromatic N) is 2. The van der Waals surface area contributed by atoms with Crippen LogP contribution in [0.1, 0.15) is 26.2 Å². The first kappa shape index (κ1) is 22.1. The van der Waals surface area contributed by atoms with Crippen molar-refractivity contribution in [1.29, 1.82) is 0 Å². The van der Waals surface area contributed by atoms with Crippen molar-refractivity contribution in [2.24, 2.45) is 5.92 Å². The van der Waals surface area contributed by atoms with Crippen LogP contribution in [0.25, 0.3) is 4.95 Å². The van der Waals surface area contributed by atoms with E-state index in [0.29, 0.717) is 44.5 Å². The molecular weight excluding hydrogens is 382 g/mol. The van der Waals surface area contributed by atoms with Gasteiger partial charge in [0.05, 0.1) is 18.1 Å². The van der Waals surface area contributed by atoms with E-state index in [4.69, 9.17) is 16.0 Å². The minimum Gasteiger partial charge on any atom is -0.493 e. The summed E-state index contributed by atoms with van der Waals surface area (Å²) in [6.07, 6.45) is 2.85. The molecule has 0 spiro atoms. The van der Waals surface area contributed by atoms with Gasteiger partial charge in [0.2, 0.25) is 10.0 Å². The number of benzene rings is 1. The molecule has 28 heavy (non-hydrogen) atoms. The Hall–Kier alpha value is -2.15. The first-order valence-electron chi connectivity index (χ1n) is 9.33. The smallest absolute Gasteiger partial charge is 0.240 e. The Morgan fingerprint density at radius 2 is 2.14 bits per heavy atom. The van der Waals surface area contributed by atoms with E-state index in [1.165, 1.54) is 36.9 Å². The lowest BCUT2D eigenvalue weighted by Crippen LogP contribution is -2.27. The molecule has 8 nitrogen and oxygen atoms in total. The number of ketones is 1. The normalized spacial score (nSPS) is 13.7. The van der Waals surface area contributed by atoms with Gasteiger partial charge in [-0.15, -0.1) is 5.01 Å². The number of carbonyl (C=O) groups excluding carboxylic acids is 1. The summed E-state index contributed by atoms with van der Waals surface area (Å²) in [5.41, 5.74) is 0. The van der Waals surface area contributed by atoms with Gasteiger partial charge in [-0.25, -0.2) is 13.1 Å². The number of Topliss-reactive ketones (excluding diaryl/α,β-unsaturated/α-hetero) is 1. The molecule has 1 saturated carbocycles. The third-order valence-electron chi connectivity index (χ3n) is 4.10. The van der Waals surface area contributed by atoms with Gasteiger partial charge in [0.25, 0.3) is 0 Å². The number of ether oxygens (including phenoxy) is 2. The number of carbonyl (C=O) groups is 1. The molecule has 0 aromatic heterocycles. The van der Waals surface area contributed by atoms with Crippen molar-refractivity contribution in [3.63, 3.8) is 0 Å². The third-order valence-corrected chi connectivity index (χ3v) is 5.55. The van der Waals surface area contributed by atoms with Gasteiger partial charge in [-0.2, -0.15) is 11.5 Å². The Balaban J connectivity index is 1.65. The summed E-state index contributed by atoms with van der Waals surface area (Å²) in [7, 11) is -3.60. The number of hydrogen-bond donors (Lipinski definition) is 1. The molecule has 9 heteroatoms. The average Bonchev–Trinajstić information content (AvgIpc) is 3.49. The molecule has 0 atom stereocenters. The minimum atomic E-state index is -3.60. The molecule has 0 aliphatic heterocycles. The first-order valence-corrected chi connectivity index (χ1v) is 10.8. The fraction of sp³-hybridized carbons (Fsp3) is 0.579. The molecule has 1 N–H and O–H groups in total. The van der Waals surface area contributed by atoms with Crippen LogP contribution in [0.4, 0.5) is 0 Å². The Kier molecular flexibility index (Phi) is 8.70. The van der Waals surface area contributed by atoms with Crippen LogP contribution in [0.15, 0.2) is 29.2 Å². The van der Waals surface area contributed by atoms with E-state index in [-0.39, 0.29) is 23.8 Å². The van der Waals surface area contributed by atoms with Crippen molar-refractivity contribution in [2.45, 2.75) is 31.1 Å². The van der Waals surface area contributed by atoms with Gasteiger partial charge in [-0.3, -0.25) is 4.79 Å². The molecule has 0 unspecified atom stereocenters. The second-order valence-corrected chi connectivity index (χ2v) is 8.55. The summed E-state index contributed by atoms with van der Waals surface area (Å²) < 4.78 is 38.3. The molecular formula is C19H27N3O5S. The minimum absolute atomic E-state index is 0.0765. The van der Waals surface area contributed by atoms with Crippen LogP contribution in [0.5, 0.6) is 5.75 Å². The van der Waals surface area contributed by atoms with Gasteiger partial charge in [0.1, 0.15) is 18.8 Å². The van der Waals surface area contributed by atoms with Crippen LogP contribution in [-0.4, -0.2) is 58.7 Å². The predicted molar refractivity (Wildman–Crippen MR) is 104 cm³/mol. The second kappa shape index (κ2) is 11.0. The Labute approximate surface area is 166 Å². The lowest BCUT2D eigenvalue weighted by atomic mass is 10.3. The monoisotopic (exact) mass is 409 g/mol. The fourth-order valence-corrected chi connectivity index (χ4v) is 3.50. The summed E-state index contributed by atoms with van der Waals surface area (Å²) in [4.78, 5) is 14.4. The summed E-state index contributed by atoms with van der Waals surface area (Å²) in [5, 5.41) is 1.31. The topological polar surface area (TPSA) is 89.3 Å². The van der Waals surface area contributed by atoms with E-state index < -0.39 is 10.0 Å². The van der Waals surface area contributed by atoms with Gasteiger partial charge in [-0.1, -0.05) is 6.07 Å². The molecule has 1 aliphatic rings. The average molecular weight is 410 g/mol. The first-order chi connectivity index (χ1) is 13.4. The Morgan fingerprint density at radius 1 is 1.36 bits per heavy atom. The zero-order valence-electron chi connectivity index (χ0n) is 16.1. The molecule has 1 aromatic carbocycles. The zero-order chi connectivity index (χ0) is 20.4. The molecule has 0 radical (unpaired) electrons. The van der Waals surface area contributed by atoms with Crippen molar-refractivity contribution in [3.8, 4) is 5.75 Å². The number of nitrogens with one attached hydrogen (secondary N) is 1. The van der Waals surface area contributed by atoms with Crippen molar-refractivity contribution in [1.82, 2.24) is 9.73 Å². The molecule has 1 aromatic rings. The maximum atomic E-state index is 12.4. The van der Waals surface area contributed by atoms with E-state index in [0.717, 1.165) is 0 Å². The van der Waals surface area contributed by atoms with Crippen LogP contribution >= 0.6 is 0 Å². The van der Waals surface area contributed by atoms with Crippen molar-refractivity contribution < 1.29 is 22.7 Å². The maximum Gasteiger partial charge on any atom is 0.240 e. The standard InChI is InChI=1S/C19H27N3O5S/c1-16(23)14-22(20-2)10-12-26-11-4-9-21-28(24,25)19-6-3-5-18(13-19)27-15-17-7-8-17/h3,5-6,13,17,21H,4,7-12,14-15H2,1H3. The maximum absolute atomic E-state index is 12.4. The number of hydrogen-bond acceptors (Lipinski definition) is 6. The number of sulfonamides is 1. The molecule has 0 saturated heterocycles. The van der Waals surface area contributed by atoms with Gasteiger partial charge < -0.3 is 9.47 Å². The Bertz CT molecular complexity index is 787. The summed E-state index contributed by atoms with van der Waals surface area (Å²) in [6.45, 7) is 10.4. The summed E-state index contributed by atoms with van der Waals surface area (Å²) in [5.74, 6) is 1.09. The van der Waals surface area contributed by atoms with Crippen molar-refractivity contribution in [2.75, 3.05) is 39.5 Å². The highest BCUT2D eigenvalue weighted by Gasteiger charge is 2.22. The molecule has 1 fully saturated rings. The molecule has 0 amide bonds. The lowest BCUT2D eigenvalue weighted by Gasteiger charge is -2.10. The number of rotatable bonds is 14. The van der Waals surface area contributed by atoms with Crippen LogP contribution in [0.2, 0.25) is 0 Å². The van der Waals surface area contributed by atoms with Gasteiger partial charge in [-0.05, 0) is 44.2 Å². The van der Waals surface area contributed by atoms with Crippen molar-refractivity contribution >= 4 is 15.8 Å². The highest BCUT2D eigenvalue weighted by atomic mass is 32.2. The molecule has 2 rings (SSSR count). The van der Waals surface area contributed by atoms with Gasteiger partial charge >= 0.3 is 0 Å². The van der Waals surface area contributed by atoms with E-state index in [9.17, 15) is 13.2 Å². The van der Waals surface area contributed by atoms with Crippen LogP contribution in [0, 0.1) is 12.5 Å². The lowest BCUT2D eigenvalue weighted by molar-refractivity contribution is -0.117. The molecule has 1 aliphatic carbocycles. The van der Waals surface area contributed by atoms with E-state index in [2.05, 4.69) is 9.68 Å². The van der Waals surface area contributed by atoms with Crippen LogP contribution < -0.4 is 9.46 Å². The van der Waals surface area contributed by atoms with E-state index in [1.807, 2.05) is 0 Å². The molecule has 154 valence electrons. The quantitative estimate of drug-likeness (QED) is 0.287. The molecule has 0 bridgehead atoms. The van der Waals surface area contributed by atoms with E-state index >= 15 is 0 Å². The highest BCUT2D eigenvalue weighted by Crippen LogP contribution is 2.29. The highest BCUT2D eigenvalue weighted by molar-refractivity contribution is 7.89. The summed E-state index contributed by atoms with van der Waals surface area (Å²) in [6, 6.07) is 6.50. The fourth-order valence-electron chi connectivity index (χ4n) is 2.39. The SMILES string of the molecule is [C-]#[N+]N(CCOCCCNS(=O)(=O)c1cccc(OCC2CC2)c1)CC(C)=O. The van der Waals surface area contributed by atoms with Gasteiger partial charge in [0, 0.05) is 19.2 Å². The van der Waals surface area contributed by atoms with Crippen LogP contribution in [-0.2, 0) is 19.6 Å². The van der Waals surface area contributed by atoms with E-state index in [1.54, 1.807) is 12.1 Å². The largest absolute Gasteiger partial charge is 0.493 e. The zero-order valence-corrected chi connectivity index (χ0v) is 16.9. The van der Waals surface area contributed by atoms with Crippen LogP contribution in [0.3, 0.4) is 0 Å². The van der Waals surface area contributed by atoms with Gasteiger partial charge in [0.15, 0.2) is 5.78 Å². The van der Waals surface area contributed by atoms with Crippen molar-refractivity contribution in [3.05, 3.63) is 35.8 Å². The predicted octanol–water partition coefficient (Wildman–Crippen LogP) is 1.89.